The molecule has 1 N–H and O–H groups in total. The number of benzene rings is 1. The third kappa shape index (κ3) is 3.34. The van der Waals surface area contributed by atoms with Crippen molar-refractivity contribution < 1.29 is 0 Å². The minimum absolute atomic E-state index is 0.577. The lowest BCUT2D eigenvalue weighted by Gasteiger charge is -2.06. The van der Waals surface area contributed by atoms with E-state index in [1.807, 2.05) is 6.07 Å². The number of hydrogen-bond donors (Lipinski definition) is 1. The van der Waals surface area contributed by atoms with E-state index in [2.05, 4.69) is 22.2 Å². The van der Waals surface area contributed by atoms with E-state index in [9.17, 15) is 0 Å². The van der Waals surface area contributed by atoms with Crippen molar-refractivity contribution in [3.63, 3.8) is 0 Å². The van der Waals surface area contributed by atoms with Gasteiger partial charge in [0, 0.05) is 28.4 Å². The molecule has 0 spiro atoms. The van der Waals surface area contributed by atoms with Crippen LogP contribution in [0.15, 0.2) is 30.5 Å². The highest BCUT2D eigenvalue weighted by Gasteiger charge is 2.05. The van der Waals surface area contributed by atoms with Crippen LogP contribution >= 0.6 is 23.2 Å². The molecule has 0 saturated carbocycles. The molecule has 1 aromatic carbocycles. The first-order valence-electron chi connectivity index (χ1n) is 5.72. The third-order valence-electron chi connectivity index (χ3n) is 2.33. The molecule has 0 fully saturated rings. The zero-order valence-corrected chi connectivity index (χ0v) is 11.5. The molecule has 18 heavy (non-hydrogen) atoms. The summed E-state index contributed by atoms with van der Waals surface area (Å²) in [4.78, 5) is 8.65. The average molecular weight is 282 g/mol. The number of anilines is 1. The first kappa shape index (κ1) is 13.1. The molecule has 1 aromatic heterocycles. The van der Waals surface area contributed by atoms with E-state index in [1.165, 1.54) is 0 Å². The minimum Gasteiger partial charge on any atom is -0.370 e. The van der Waals surface area contributed by atoms with Crippen LogP contribution in [0.3, 0.4) is 0 Å². The summed E-state index contributed by atoms with van der Waals surface area (Å²) in [7, 11) is 0. The molecular formula is C13H13Cl2N3. The van der Waals surface area contributed by atoms with Gasteiger partial charge in [0.05, 0.1) is 0 Å². The van der Waals surface area contributed by atoms with Crippen molar-refractivity contribution in [3.8, 4) is 11.4 Å². The van der Waals surface area contributed by atoms with Crippen molar-refractivity contribution in [1.82, 2.24) is 9.97 Å². The van der Waals surface area contributed by atoms with Gasteiger partial charge in [-0.2, -0.15) is 0 Å². The smallest absolute Gasteiger partial charge is 0.161 e. The number of halogens is 2. The Kier molecular flexibility index (Phi) is 4.39. The molecule has 0 aliphatic carbocycles. The summed E-state index contributed by atoms with van der Waals surface area (Å²) in [5, 5.41) is 4.37. The fourth-order valence-corrected chi connectivity index (χ4v) is 2.06. The maximum atomic E-state index is 5.97. The van der Waals surface area contributed by atoms with Crippen molar-refractivity contribution in [1.29, 1.82) is 0 Å². The largest absolute Gasteiger partial charge is 0.370 e. The lowest BCUT2D eigenvalue weighted by molar-refractivity contribution is 0.966. The standard InChI is InChI=1S/C13H13Cl2N3/c1-2-4-16-12-3-5-17-13(18-12)9-6-10(14)8-11(15)7-9/h3,5-8H,2,4H2,1H3,(H,16,17,18). The van der Waals surface area contributed by atoms with E-state index in [0.29, 0.717) is 15.9 Å². The van der Waals surface area contributed by atoms with Crippen molar-refractivity contribution in [2.75, 3.05) is 11.9 Å². The SMILES string of the molecule is CCCNc1ccnc(-c2cc(Cl)cc(Cl)c2)n1. The Hall–Kier alpha value is -1.32. The van der Waals surface area contributed by atoms with Gasteiger partial charge in [-0.15, -0.1) is 0 Å². The van der Waals surface area contributed by atoms with Gasteiger partial charge in [0.2, 0.25) is 0 Å². The molecule has 0 aliphatic heterocycles. The van der Waals surface area contributed by atoms with Crippen LogP contribution in [0, 0.1) is 0 Å². The van der Waals surface area contributed by atoms with E-state index >= 15 is 0 Å². The molecule has 0 atom stereocenters. The number of nitrogens with one attached hydrogen (secondary N) is 1. The Morgan fingerprint density at radius 1 is 1.17 bits per heavy atom. The number of hydrogen-bond acceptors (Lipinski definition) is 3. The maximum Gasteiger partial charge on any atom is 0.161 e. The normalized spacial score (nSPS) is 10.4. The summed E-state index contributed by atoms with van der Waals surface area (Å²) in [5.74, 6) is 1.42. The molecule has 2 aromatic rings. The molecule has 2 rings (SSSR count). The van der Waals surface area contributed by atoms with Gasteiger partial charge in [0.25, 0.3) is 0 Å². The number of rotatable bonds is 4. The zero-order valence-electron chi connectivity index (χ0n) is 9.95. The third-order valence-corrected chi connectivity index (χ3v) is 2.77. The summed E-state index contributed by atoms with van der Waals surface area (Å²) < 4.78 is 0. The predicted molar refractivity (Wildman–Crippen MR) is 76.3 cm³/mol. The van der Waals surface area contributed by atoms with E-state index in [0.717, 1.165) is 24.3 Å². The molecule has 0 unspecified atom stereocenters. The molecule has 0 saturated heterocycles. The van der Waals surface area contributed by atoms with Gasteiger partial charge in [-0.25, -0.2) is 9.97 Å². The Labute approximate surface area is 116 Å². The van der Waals surface area contributed by atoms with E-state index in [-0.39, 0.29) is 0 Å². The van der Waals surface area contributed by atoms with E-state index in [1.54, 1.807) is 24.4 Å². The van der Waals surface area contributed by atoms with Gasteiger partial charge in [0.1, 0.15) is 5.82 Å². The molecule has 0 radical (unpaired) electrons. The fourth-order valence-electron chi connectivity index (χ4n) is 1.53. The Morgan fingerprint density at radius 3 is 2.56 bits per heavy atom. The lowest BCUT2D eigenvalue weighted by atomic mass is 10.2. The van der Waals surface area contributed by atoms with Gasteiger partial charge >= 0.3 is 0 Å². The second-order valence-electron chi connectivity index (χ2n) is 3.85. The van der Waals surface area contributed by atoms with Gasteiger partial charge in [0.15, 0.2) is 5.82 Å². The quantitative estimate of drug-likeness (QED) is 0.909. The first-order chi connectivity index (χ1) is 8.69. The zero-order chi connectivity index (χ0) is 13.0. The summed E-state index contributed by atoms with van der Waals surface area (Å²) >= 11 is 11.9. The van der Waals surface area contributed by atoms with Crippen LogP contribution in [0.5, 0.6) is 0 Å². The van der Waals surface area contributed by atoms with Crippen LogP contribution < -0.4 is 5.32 Å². The Morgan fingerprint density at radius 2 is 1.89 bits per heavy atom. The molecule has 94 valence electrons. The number of nitrogens with zero attached hydrogens (tertiary/aromatic N) is 2. The van der Waals surface area contributed by atoms with E-state index < -0.39 is 0 Å². The second kappa shape index (κ2) is 6.03. The Bertz CT molecular complexity index is 523. The maximum absolute atomic E-state index is 5.97. The first-order valence-corrected chi connectivity index (χ1v) is 6.48. The highest BCUT2D eigenvalue weighted by molar-refractivity contribution is 6.35. The monoisotopic (exact) mass is 281 g/mol. The molecule has 0 amide bonds. The topological polar surface area (TPSA) is 37.8 Å². The number of aromatic nitrogens is 2. The van der Waals surface area contributed by atoms with Crippen LogP contribution in [0.4, 0.5) is 5.82 Å². The summed E-state index contributed by atoms with van der Waals surface area (Å²) in [6.45, 7) is 2.98. The molecule has 0 aliphatic rings. The average Bonchev–Trinajstić information content (AvgIpc) is 2.35. The van der Waals surface area contributed by atoms with Crippen LogP contribution in [-0.4, -0.2) is 16.5 Å². The highest BCUT2D eigenvalue weighted by Crippen LogP contribution is 2.25. The van der Waals surface area contributed by atoms with Crippen LogP contribution in [0.1, 0.15) is 13.3 Å². The fraction of sp³-hybridized carbons (Fsp3) is 0.231. The Balaban J connectivity index is 2.32. The van der Waals surface area contributed by atoms with Gasteiger partial charge < -0.3 is 5.32 Å². The molecular weight excluding hydrogens is 269 g/mol. The van der Waals surface area contributed by atoms with Crippen molar-refractivity contribution in [3.05, 3.63) is 40.5 Å². The molecule has 3 nitrogen and oxygen atoms in total. The molecule has 5 heteroatoms. The van der Waals surface area contributed by atoms with Crippen molar-refractivity contribution in [2.24, 2.45) is 0 Å². The minimum atomic E-state index is 0.577. The van der Waals surface area contributed by atoms with Crippen LogP contribution in [0.25, 0.3) is 11.4 Å². The highest BCUT2D eigenvalue weighted by atomic mass is 35.5. The van der Waals surface area contributed by atoms with Crippen LogP contribution in [-0.2, 0) is 0 Å². The van der Waals surface area contributed by atoms with Crippen LogP contribution in [0.2, 0.25) is 10.0 Å². The van der Waals surface area contributed by atoms with Gasteiger partial charge in [-0.05, 0) is 30.7 Å². The van der Waals surface area contributed by atoms with Gasteiger partial charge in [-0.3, -0.25) is 0 Å². The lowest BCUT2D eigenvalue weighted by Crippen LogP contribution is -2.03. The summed E-state index contributed by atoms with van der Waals surface area (Å²) in [5.41, 5.74) is 0.813. The summed E-state index contributed by atoms with van der Waals surface area (Å²) in [6.07, 6.45) is 2.76. The molecule has 1 heterocycles. The molecule has 0 bridgehead atoms. The van der Waals surface area contributed by atoms with Gasteiger partial charge in [-0.1, -0.05) is 30.1 Å². The summed E-state index contributed by atoms with van der Waals surface area (Å²) in [6, 6.07) is 7.12. The predicted octanol–water partition coefficient (Wildman–Crippen LogP) is 4.27. The van der Waals surface area contributed by atoms with Crippen molar-refractivity contribution >= 4 is 29.0 Å². The second-order valence-corrected chi connectivity index (χ2v) is 4.72. The van der Waals surface area contributed by atoms with E-state index in [4.69, 9.17) is 23.2 Å². The van der Waals surface area contributed by atoms with Crippen molar-refractivity contribution in [2.45, 2.75) is 13.3 Å².